The number of nitrogens with zero attached hydrogens (tertiary/aromatic N) is 2. The van der Waals surface area contributed by atoms with E-state index in [2.05, 4.69) is 16.9 Å². The molecule has 2 heterocycles. The zero-order valence-electron chi connectivity index (χ0n) is 17.8. The van der Waals surface area contributed by atoms with Crippen molar-refractivity contribution in [3.63, 3.8) is 0 Å². The third-order valence-corrected chi connectivity index (χ3v) is 5.32. The van der Waals surface area contributed by atoms with Crippen LogP contribution in [-0.2, 0) is 10.8 Å². The van der Waals surface area contributed by atoms with Crippen molar-refractivity contribution >= 4 is 10.8 Å². The van der Waals surface area contributed by atoms with Crippen molar-refractivity contribution in [1.29, 1.82) is 0 Å². The van der Waals surface area contributed by atoms with E-state index in [1.165, 1.54) is 18.5 Å². The molecular formula is C24H18F6N2O2. The summed E-state index contributed by atoms with van der Waals surface area (Å²) >= 11 is 0. The number of hydrogen-bond donors (Lipinski definition) is 0. The standard InChI is InChI=1S/C24H18F6N2O2/c1-14-2-7-20(33-13-14)17-11-31-22(32-12-17)24(29,30)34-18-5-6-19-16(10-18)4-3-15(21(19)25)8-9-23(26,27)28/h3-6,10-12,14,20H,2,7,13H2,1H3. The lowest BCUT2D eigenvalue weighted by Gasteiger charge is -2.27. The third kappa shape index (κ3) is 5.42. The van der Waals surface area contributed by atoms with Crippen LogP contribution in [0.2, 0.25) is 0 Å². The number of rotatable bonds is 4. The first-order valence-corrected chi connectivity index (χ1v) is 10.3. The molecule has 4 nitrogen and oxygen atoms in total. The topological polar surface area (TPSA) is 44.2 Å². The minimum atomic E-state index is -4.77. The molecule has 0 N–H and O–H groups in total. The van der Waals surface area contributed by atoms with E-state index in [1.807, 2.05) is 0 Å². The van der Waals surface area contributed by atoms with Gasteiger partial charge in [0.15, 0.2) is 0 Å². The van der Waals surface area contributed by atoms with Gasteiger partial charge in [-0.25, -0.2) is 14.4 Å². The molecule has 1 aliphatic rings. The molecule has 3 aromatic rings. The molecule has 0 aliphatic carbocycles. The van der Waals surface area contributed by atoms with Gasteiger partial charge in [-0.3, -0.25) is 0 Å². The highest BCUT2D eigenvalue weighted by molar-refractivity contribution is 5.86. The Kier molecular flexibility index (Phi) is 6.41. The molecule has 2 aromatic carbocycles. The van der Waals surface area contributed by atoms with Gasteiger partial charge in [0.1, 0.15) is 11.6 Å². The average molecular weight is 480 g/mol. The molecule has 178 valence electrons. The molecule has 0 saturated carbocycles. The molecule has 0 spiro atoms. The highest BCUT2D eigenvalue weighted by Crippen LogP contribution is 2.34. The molecule has 1 fully saturated rings. The summed E-state index contributed by atoms with van der Waals surface area (Å²) in [6.07, 6.45) is -4.66. The molecule has 10 heteroatoms. The Labute approximate surface area is 190 Å². The first kappa shape index (κ1) is 23.8. The average Bonchev–Trinajstić information content (AvgIpc) is 2.78. The molecular weight excluding hydrogens is 462 g/mol. The van der Waals surface area contributed by atoms with Crippen molar-refractivity contribution in [2.45, 2.75) is 38.2 Å². The quantitative estimate of drug-likeness (QED) is 0.325. The smallest absolute Gasteiger partial charge is 0.427 e. The van der Waals surface area contributed by atoms with Crippen LogP contribution in [0.15, 0.2) is 42.7 Å². The van der Waals surface area contributed by atoms with Crippen LogP contribution in [0.4, 0.5) is 26.3 Å². The van der Waals surface area contributed by atoms with Crippen molar-refractivity contribution in [2.24, 2.45) is 5.92 Å². The third-order valence-electron chi connectivity index (χ3n) is 5.32. The molecule has 1 aliphatic heterocycles. The summed E-state index contributed by atoms with van der Waals surface area (Å²) in [6, 6.07) is 5.64. The Bertz CT molecular complexity index is 1240. The summed E-state index contributed by atoms with van der Waals surface area (Å²) in [6.45, 7) is 2.64. The molecule has 2 atom stereocenters. The van der Waals surface area contributed by atoms with Crippen molar-refractivity contribution < 1.29 is 35.8 Å². The summed E-state index contributed by atoms with van der Waals surface area (Å²) in [5, 5.41) is 0.0512. The van der Waals surface area contributed by atoms with E-state index >= 15 is 0 Å². The van der Waals surface area contributed by atoms with E-state index in [1.54, 1.807) is 5.92 Å². The van der Waals surface area contributed by atoms with Crippen LogP contribution in [0, 0.1) is 23.6 Å². The lowest BCUT2D eigenvalue weighted by atomic mass is 9.97. The lowest BCUT2D eigenvalue weighted by Crippen LogP contribution is -2.25. The van der Waals surface area contributed by atoms with Gasteiger partial charge in [0.05, 0.1) is 11.7 Å². The maximum Gasteiger partial charge on any atom is 0.462 e. The lowest BCUT2D eigenvalue weighted by molar-refractivity contribution is -0.192. The molecule has 0 amide bonds. The molecule has 1 saturated heterocycles. The Morgan fingerprint density at radius 3 is 2.41 bits per heavy atom. The van der Waals surface area contributed by atoms with Crippen LogP contribution in [0.5, 0.6) is 5.75 Å². The highest BCUT2D eigenvalue weighted by Gasteiger charge is 2.39. The number of fused-ring (bicyclic) bond motifs is 1. The van der Waals surface area contributed by atoms with Gasteiger partial charge < -0.3 is 9.47 Å². The number of aromatic nitrogens is 2. The fraction of sp³-hybridized carbons (Fsp3) is 0.333. The Balaban J connectivity index is 1.52. The molecule has 2 unspecified atom stereocenters. The number of alkyl halides is 5. The van der Waals surface area contributed by atoms with Crippen LogP contribution < -0.4 is 4.74 Å². The van der Waals surface area contributed by atoms with E-state index in [9.17, 15) is 26.3 Å². The second kappa shape index (κ2) is 9.14. The van der Waals surface area contributed by atoms with Gasteiger partial charge >= 0.3 is 12.3 Å². The zero-order chi connectivity index (χ0) is 24.5. The first-order chi connectivity index (χ1) is 16.0. The summed E-state index contributed by atoms with van der Waals surface area (Å²) in [5.74, 6) is 0.998. The summed E-state index contributed by atoms with van der Waals surface area (Å²) in [4.78, 5) is 7.47. The van der Waals surface area contributed by atoms with Gasteiger partial charge in [0, 0.05) is 35.9 Å². The van der Waals surface area contributed by atoms with E-state index in [4.69, 9.17) is 9.47 Å². The van der Waals surface area contributed by atoms with Gasteiger partial charge in [-0.1, -0.05) is 18.9 Å². The van der Waals surface area contributed by atoms with Gasteiger partial charge in [0.25, 0.3) is 0 Å². The van der Waals surface area contributed by atoms with E-state index < -0.39 is 29.5 Å². The molecule has 1 aromatic heterocycles. The molecule has 4 rings (SSSR count). The fourth-order valence-electron chi connectivity index (χ4n) is 3.56. The van der Waals surface area contributed by atoms with Crippen LogP contribution in [0.1, 0.15) is 42.8 Å². The van der Waals surface area contributed by atoms with Crippen molar-refractivity contribution in [3.8, 4) is 17.6 Å². The second-order valence-corrected chi connectivity index (χ2v) is 8.02. The van der Waals surface area contributed by atoms with Gasteiger partial charge in [0.2, 0.25) is 5.82 Å². The number of halogens is 6. The Morgan fingerprint density at radius 2 is 1.76 bits per heavy atom. The van der Waals surface area contributed by atoms with Gasteiger partial charge in [-0.15, -0.1) is 0 Å². The largest absolute Gasteiger partial charge is 0.462 e. The summed E-state index contributed by atoms with van der Waals surface area (Å²) in [7, 11) is 0. The van der Waals surface area contributed by atoms with Gasteiger partial charge in [-0.2, -0.15) is 22.0 Å². The van der Waals surface area contributed by atoms with Gasteiger partial charge in [-0.05, 0) is 48.4 Å². The summed E-state index contributed by atoms with van der Waals surface area (Å²) in [5.41, 5.74) is 0.130. The predicted octanol–water partition coefficient (Wildman–Crippen LogP) is 6.30. The van der Waals surface area contributed by atoms with Crippen LogP contribution >= 0.6 is 0 Å². The van der Waals surface area contributed by atoms with Crippen molar-refractivity contribution in [2.75, 3.05) is 6.61 Å². The maximum atomic E-state index is 14.6. The Morgan fingerprint density at radius 1 is 1.03 bits per heavy atom. The minimum Gasteiger partial charge on any atom is -0.427 e. The van der Waals surface area contributed by atoms with E-state index in [0.29, 0.717) is 18.1 Å². The number of hydrogen-bond acceptors (Lipinski definition) is 4. The fourth-order valence-corrected chi connectivity index (χ4v) is 3.56. The maximum absolute atomic E-state index is 14.6. The normalized spacial score (nSPS) is 18.9. The van der Waals surface area contributed by atoms with E-state index in [-0.39, 0.29) is 22.6 Å². The minimum absolute atomic E-state index is 0.0907. The molecule has 0 radical (unpaired) electrons. The van der Waals surface area contributed by atoms with Crippen LogP contribution in [0.3, 0.4) is 0 Å². The SMILES string of the molecule is CC1CCC(c2cnc(C(F)(F)Oc3ccc4c(F)c(C#CC(F)(F)F)ccc4c3)nc2)OC1. The van der Waals surface area contributed by atoms with Crippen molar-refractivity contribution in [3.05, 3.63) is 65.5 Å². The summed E-state index contributed by atoms with van der Waals surface area (Å²) < 4.78 is 91.1. The highest BCUT2D eigenvalue weighted by atomic mass is 19.4. The zero-order valence-corrected chi connectivity index (χ0v) is 17.8. The van der Waals surface area contributed by atoms with Crippen molar-refractivity contribution in [1.82, 2.24) is 9.97 Å². The first-order valence-electron chi connectivity index (χ1n) is 10.3. The van der Waals surface area contributed by atoms with Crippen LogP contribution in [-0.4, -0.2) is 22.8 Å². The molecule has 0 bridgehead atoms. The van der Waals surface area contributed by atoms with E-state index in [0.717, 1.165) is 43.0 Å². The second-order valence-electron chi connectivity index (χ2n) is 8.02. The van der Waals surface area contributed by atoms with Crippen LogP contribution in [0.25, 0.3) is 10.8 Å². The number of benzene rings is 2. The molecule has 34 heavy (non-hydrogen) atoms. The monoisotopic (exact) mass is 480 g/mol. The Hall–Kier alpha value is -3.32. The predicted molar refractivity (Wildman–Crippen MR) is 110 cm³/mol. The number of ether oxygens (including phenoxy) is 2.